The summed E-state index contributed by atoms with van der Waals surface area (Å²) in [5.74, 6) is -8.39. The second-order valence-electron chi connectivity index (χ2n) is 3.70. The second-order valence-corrected chi connectivity index (χ2v) is 3.70. The Morgan fingerprint density at radius 3 is 1.89 bits per heavy atom. The van der Waals surface area contributed by atoms with Crippen molar-refractivity contribution in [2.24, 2.45) is 0 Å². The fourth-order valence-corrected chi connectivity index (χ4v) is 1.44. The Kier molecular flexibility index (Phi) is 3.75. The molecule has 100 valence electrons. The van der Waals surface area contributed by atoms with Gasteiger partial charge < -0.3 is 5.11 Å². The molecule has 0 aliphatic rings. The van der Waals surface area contributed by atoms with Gasteiger partial charge in [0, 0.05) is 11.1 Å². The van der Waals surface area contributed by atoms with Crippen LogP contribution in [0.25, 0.3) is 6.08 Å². The summed E-state index contributed by atoms with van der Waals surface area (Å²) in [6, 6.07) is 0. The summed E-state index contributed by atoms with van der Waals surface area (Å²) in [5.41, 5.74) is -5.59. The Bertz CT molecular complexity index is 495. The topological polar surface area (TPSA) is 20.2 Å². The first-order valence-corrected chi connectivity index (χ1v) is 4.65. The average Bonchev–Trinajstić information content (AvgIpc) is 2.30. The zero-order chi connectivity index (χ0) is 14.2. The molecule has 0 saturated carbocycles. The fourth-order valence-electron chi connectivity index (χ4n) is 1.44. The van der Waals surface area contributed by atoms with E-state index in [1.165, 1.54) is 0 Å². The largest absolute Gasteiger partial charge is 0.379 e. The third-order valence-electron chi connectivity index (χ3n) is 2.44. The van der Waals surface area contributed by atoms with Gasteiger partial charge in [-0.25, -0.2) is 26.3 Å². The molecule has 1 aromatic rings. The Balaban J connectivity index is 3.78. The first-order chi connectivity index (χ1) is 8.16. The highest BCUT2D eigenvalue weighted by molar-refractivity contribution is 5.55. The van der Waals surface area contributed by atoms with Crippen LogP contribution in [0.4, 0.5) is 26.3 Å². The molecule has 0 saturated heterocycles. The summed E-state index contributed by atoms with van der Waals surface area (Å²) in [4.78, 5) is 0. The van der Waals surface area contributed by atoms with Crippen LogP contribution >= 0.6 is 0 Å². The van der Waals surface area contributed by atoms with Gasteiger partial charge >= 0.3 is 0 Å². The maximum atomic E-state index is 13.4. The van der Waals surface area contributed by atoms with Crippen LogP contribution in [-0.4, -0.2) is 11.5 Å². The molecule has 1 atom stereocenters. The van der Waals surface area contributed by atoms with E-state index >= 15 is 0 Å². The molecule has 1 aromatic carbocycles. The van der Waals surface area contributed by atoms with Gasteiger partial charge in [-0.3, -0.25) is 0 Å². The molecule has 1 N–H and O–H groups in total. The monoisotopic (exact) mass is 270 g/mol. The van der Waals surface area contributed by atoms with Crippen molar-refractivity contribution in [3.8, 4) is 0 Å². The summed E-state index contributed by atoms with van der Waals surface area (Å²) in [6.45, 7) is 3.44. The molecule has 0 bridgehead atoms. The van der Waals surface area contributed by atoms with Crippen LogP contribution in [0.15, 0.2) is 6.58 Å². The molecule has 1 unspecified atom stereocenters. The number of halogens is 6. The molecule has 7 heteroatoms. The lowest BCUT2D eigenvalue weighted by Crippen LogP contribution is -2.33. The lowest BCUT2D eigenvalue weighted by molar-refractivity contribution is -0.0909. The highest BCUT2D eigenvalue weighted by Crippen LogP contribution is 2.36. The van der Waals surface area contributed by atoms with Crippen LogP contribution in [0.3, 0.4) is 0 Å². The molecule has 0 heterocycles. The molecule has 0 radical (unpaired) electrons. The Morgan fingerprint density at radius 1 is 1.06 bits per heavy atom. The maximum absolute atomic E-state index is 13.4. The van der Waals surface area contributed by atoms with Gasteiger partial charge in [0.05, 0.1) is 0 Å². The van der Waals surface area contributed by atoms with Gasteiger partial charge in [-0.1, -0.05) is 12.7 Å². The molecule has 0 aromatic heterocycles. The standard InChI is InChI=1S/C11H8F6O/c1-3-4-5(11(2,18)10(16)17)7(13)9(15)8(14)6(4)12/h3,10,18H,1H2,2H3. The Morgan fingerprint density at radius 2 is 1.50 bits per heavy atom. The highest BCUT2D eigenvalue weighted by atomic mass is 19.3. The van der Waals surface area contributed by atoms with Gasteiger partial charge in [0.25, 0.3) is 6.43 Å². The Labute approximate surface area is 98.4 Å². The van der Waals surface area contributed by atoms with Gasteiger partial charge in [-0.2, -0.15) is 0 Å². The van der Waals surface area contributed by atoms with Crippen LogP contribution in [0.2, 0.25) is 0 Å². The summed E-state index contributed by atoms with van der Waals surface area (Å²) >= 11 is 0. The number of alkyl halides is 2. The number of hydrogen-bond acceptors (Lipinski definition) is 1. The SMILES string of the molecule is C=Cc1c(F)c(F)c(F)c(F)c1C(C)(O)C(F)F. The Hall–Kier alpha value is -1.50. The van der Waals surface area contributed by atoms with E-state index in [0.717, 1.165) is 0 Å². The number of hydrogen-bond donors (Lipinski definition) is 1. The predicted molar refractivity (Wildman–Crippen MR) is 51.9 cm³/mol. The zero-order valence-electron chi connectivity index (χ0n) is 9.08. The molecule has 1 rings (SSSR count). The van der Waals surface area contributed by atoms with Crippen molar-refractivity contribution < 1.29 is 31.4 Å². The molecule has 1 nitrogen and oxygen atoms in total. The molecule has 0 aliphatic heterocycles. The molecule has 0 aliphatic carbocycles. The zero-order valence-corrected chi connectivity index (χ0v) is 9.08. The summed E-state index contributed by atoms with van der Waals surface area (Å²) in [6.07, 6.45) is -3.01. The quantitative estimate of drug-likeness (QED) is 0.507. The van der Waals surface area contributed by atoms with Crippen molar-refractivity contribution in [2.45, 2.75) is 19.0 Å². The summed E-state index contributed by atoms with van der Waals surface area (Å²) in [7, 11) is 0. The third-order valence-corrected chi connectivity index (χ3v) is 2.44. The lowest BCUT2D eigenvalue weighted by Gasteiger charge is -2.25. The van der Waals surface area contributed by atoms with E-state index in [4.69, 9.17) is 0 Å². The first kappa shape index (κ1) is 14.6. The molecule has 0 amide bonds. The average molecular weight is 270 g/mol. The van der Waals surface area contributed by atoms with Crippen molar-refractivity contribution in [3.63, 3.8) is 0 Å². The van der Waals surface area contributed by atoms with Crippen molar-refractivity contribution in [1.82, 2.24) is 0 Å². The van der Waals surface area contributed by atoms with Gasteiger partial charge in [0.2, 0.25) is 0 Å². The van der Waals surface area contributed by atoms with Gasteiger partial charge in [-0.05, 0) is 6.92 Å². The third kappa shape index (κ3) is 1.98. The molecular formula is C11H8F6O. The van der Waals surface area contributed by atoms with E-state index in [-0.39, 0.29) is 0 Å². The molecular weight excluding hydrogens is 262 g/mol. The fraction of sp³-hybridized carbons (Fsp3) is 0.273. The second kappa shape index (κ2) is 4.64. The molecule has 0 spiro atoms. The van der Waals surface area contributed by atoms with Crippen molar-refractivity contribution in [3.05, 3.63) is 41.0 Å². The van der Waals surface area contributed by atoms with Crippen molar-refractivity contribution >= 4 is 6.08 Å². The van der Waals surface area contributed by atoms with E-state index in [9.17, 15) is 31.4 Å². The van der Waals surface area contributed by atoms with E-state index in [1.807, 2.05) is 0 Å². The van der Waals surface area contributed by atoms with Crippen LogP contribution in [-0.2, 0) is 5.60 Å². The lowest BCUT2D eigenvalue weighted by atomic mass is 9.90. The minimum atomic E-state index is -3.53. The van der Waals surface area contributed by atoms with Crippen molar-refractivity contribution in [2.75, 3.05) is 0 Å². The minimum absolute atomic E-state index is 0.458. The van der Waals surface area contributed by atoms with Gasteiger partial charge in [0.1, 0.15) is 0 Å². The van der Waals surface area contributed by atoms with Crippen molar-refractivity contribution in [1.29, 1.82) is 0 Å². The number of aliphatic hydroxyl groups is 1. The van der Waals surface area contributed by atoms with Gasteiger partial charge in [0.15, 0.2) is 28.9 Å². The number of benzene rings is 1. The normalized spacial score (nSPS) is 14.7. The number of rotatable bonds is 3. The maximum Gasteiger partial charge on any atom is 0.270 e. The summed E-state index contributed by atoms with van der Waals surface area (Å²) in [5, 5.41) is 9.40. The van der Waals surface area contributed by atoms with Crippen LogP contribution in [0.5, 0.6) is 0 Å². The predicted octanol–water partition coefficient (Wildman–Crippen LogP) is 3.36. The highest BCUT2D eigenvalue weighted by Gasteiger charge is 2.41. The minimum Gasteiger partial charge on any atom is -0.379 e. The van der Waals surface area contributed by atoms with Crippen LogP contribution in [0, 0.1) is 23.3 Å². The van der Waals surface area contributed by atoms with E-state index in [1.54, 1.807) is 0 Å². The molecule has 18 heavy (non-hydrogen) atoms. The van der Waals surface area contributed by atoms with E-state index < -0.39 is 46.4 Å². The van der Waals surface area contributed by atoms with Gasteiger partial charge in [-0.15, -0.1) is 0 Å². The van der Waals surface area contributed by atoms with Crippen LogP contribution in [0.1, 0.15) is 18.1 Å². The summed E-state index contributed by atoms with van der Waals surface area (Å²) < 4.78 is 77.7. The molecule has 0 fully saturated rings. The van der Waals surface area contributed by atoms with E-state index in [0.29, 0.717) is 13.0 Å². The first-order valence-electron chi connectivity index (χ1n) is 4.65. The smallest absolute Gasteiger partial charge is 0.270 e. The van der Waals surface area contributed by atoms with Crippen LogP contribution < -0.4 is 0 Å². The van der Waals surface area contributed by atoms with E-state index in [2.05, 4.69) is 6.58 Å².